The van der Waals surface area contributed by atoms with E-state index in [1.807, 2.05) is 24.3 Å². The summed E-state index contributed by atoms with van der Waals surface area (Å²) in [6.45, 7) is 0.145. The van der Waals surface area contributed by atoms with E-state index in [-0.39, 0.29) is 24.3 Å². The summed E-state index contributed by atoms with van der Waals surface area (Å²) in [5.74, 6) is 0.0950. The highest BCUT2D eigenvalue weighted by molar-refractivity contribution is 6.10. The van der Waals surface area contributed by atoms with E-state index in [4.69, 9.17) is 0 Å². The zero-order chi connectivity index (χ0) is 13.2. The maximum absolute atomic E-state index is 12.6. The van der Waals surface area contributed by atoms with Gasteiger partial charge in [-0.05, 0) is 25.0 Å². The number of carbonyl (C=O) groups is 2. The second kappa shape index (κ2) is 5.03. The molecule has 1 heterocycles. The Balaban J connectivity index is 1.87. The monoisotopic (exact) mass is 258 g/mol. The second-order valence-electron chi connectivity index (χ2n) is 5.32. The Morgan fingerprint density at radius 2 is 1.89 bits per heavy atom. The Morgan fingerprint density at radius 1 is 1.16 bits per heavy atom. The number of fused-ring (bicyclic) bond motifs is 1. The van der Waals surface area contributed by atoms with Gasteiger partial charge in [0.15, 0.2) is 0 Å². The summed E-state index contributed by atoms with van der Waals surface area (Å²) in [5, 5.41) is 2.81. The first-order chi connectivity index (χ1) is 9.25. The Morgan fingerprint density at radius 3 is 2.68 bits per heavy atom. The molecule has 2 aliphatic rings. The molecule has 2 amide bonds. The van der Waals surface area contributed by atoms with Crippen LogP contribution in [0.1, 0.15) is 32.1 Å². The molecule has 0 bridgehead atoms. The Kier molecular flexibility index (Phi) is 3.23. The van der Waals surface area contributed by atoms with Gasteiger partial charge in [0.25, 0.3) is 0 Å². The van der Waals surface area contributed by atoms with E-state index in [2.05, 4.69) is 5.32 Å². The Labute approximate surface area is 112 Å². The van der Waals surface area contributed by atoms with Gasteiger partial charge in [0.2, 0.25) is 11.8 Å². The van der Waals surface area contributed by atoms with Gasteiger partial charge >= 0.3 is 0 Å². The molecule has 0 saturated heterocycles. The number of rotatable bonds is 1. The average Bonchev–Trinajstić information content (AvgIpc) is 2.46. The third-order valence-corrected chi connectivity index (χ3v) is 3.99. The average molecular weight is 258 g/mol. The van der Waals surface area contributed by atoms with Crippen LogP contribution in [0.5, 0.6) is 0 Å². The van der Waals surface area contributed by atoms with Gasteiger partial charge in [-0.3, -0.25) is 9.59 Å². The molecule has 1 aliphatic heterocycles. The molecular formula is C15H18N2O2. The zero-order valence-electron chi connectivity index (χ0n) is 10.9. The topological polar surface area (TPSA) is 49.4 Å². The van der Waals surface area contributed by atoms with E-state index >= 15 is 0 Å². The van der Waals surface area contributed by atoms with Crippen molar-refractivity contribution in [3.05, 3.63) is 24.3 Å². The van der Waals surface area contributed by atoms with Crippen LogP contribution >= 0.6 is 0 Å². The lowest BCUT2D eigenvalue weighted by atomic mass is 9.88. The molecule has 4 heteroatoms. The van der Waals surface area contributed by atoms with E-state index in [0.29, 0.717) is 0 Å². The molecule has 0 atom stereocenters. The Hall–Kier alpha value is -1.84. The summed E-state index contributed by atoms with van der Waals surface area (Å²) in [4.78, 5) is 26.0. The predicted octanol–water partition coefficient (Wildman–Crippen LogP) is 2.55. The van der Waals surface area contributed by atoms with Crippen LogP contribution in [0, 0.1) is 5.92 Å². The number of hydrogen-bond donors (Lipinski definition) is 1. The molecule has 100 valence electrons. The van der Waals surface area contributed by atoms with Crippen molar-refractivity contribution in [1.82, 2.24) is 0 Å². The quantitative estimate of drug-likeness (QED) is 0.841. The van der Waals surface area contributed by atoms with Gasteiger partial charge in [-0.1, -0.05) is 31.4 Å². The molecule has 0 aromatic heterocycles. The molecule has 0 spiro atoms. The van der Waals surface area contributed by atoms with Crippen molar-refractivity contribution >= 4 is 23.2 Å². The van der Waals surface area contributed by atoms with Crippen LogP contribution in [0.15, 0.2) is 24.3 Å². The number of para-hydroxylation sites is 2. The molecule has 19 heavy (non-hydrogen) atoms. The summed E-state index contributed by atoms with van der Waals surface area (Å²) in [6.07, 6.45) is 5.38. The van der Waals surface area contributed by atoms with Gasteiger partial charge in [0.1, 0.15) is 6.54 Å². The zero-order valence-corrected chi connectivity index (χ0v) is 10.9. The number of amides is 2. The lowest BCUT2D eigenvalue weighted by Crippen LogP contribution is -2.45. The van der Waals surface area contributed by atoms with Gasteiger partial charge in [-0.25, -0.2) is 0 Å². The van der Waals surface area contributed by atoms with E-state index in [1.54, 1.807) is 4.90 Å². The minimum Gasteiger partial charge on any atom is -0.323 e. The van der Waals surface area contributed by atoms with Crippen LogP contribution in [0.25, 0.3) is 0 Å². The first kappa shape index (κ1) is 12.2. The lowest BCUT2D eigenvalue weighted by molar-refractivity contribution is -0.125. The number of nitrogens with one attached hydrogen (secondary N) is 1. The predicted molar refractivity (Wildman–Crippen MR) is 74.0 cm³/mol. The molecule has 3 rings (SSSR count). The van der Waals surface area contributed by atoms with Crippen molar-refractivity contribution in [1.29, 1.82) is 0 Å². The van der Waals surface area contributed by atoms with Crippen LogP contribution in [0.2, 0.25) is 0 Å². The molecule has 4 nitrogen and oxygen atoms in total. The van der Waals surface area contributed by atoms with Crippen molar-refractivity contribution in [3.63, 3.8) is 0 Å². The summed E-state index contributed by atoms with van der Waals surface area (Å²) in [7, 11) is 0. The fraction of sp³-hybridized carbons (Fsp3) is 0.467. The number of anilines is 2. The largest absolute Gasteiger partial charge is 0.323 e. The minimum atomic E-state index is -0.108. The van der Waals surface area contributed by atoms with E-state index in [0.717, 1.165) is 37.1 Å². The van der Waals surface area contributed by atoms with Crippen molar-refractivity contribution < 1.29 is 9.59 Å². The van der Waals surface area contributed by atoms with Crippen molar-refractivity contribution in [3.8, 4) is 0 Å². The molecular weight excluding hydrogens is 240 g/mol. The number of hydrogen-bond acceptors (Lipinski definition) is 2. The highest BCUT2D eigenvalue weighted by Gasteiger charge is 2.31. The molecule has 0 radical (unpaired) electrons. The number of benzene rings is 1. The minimum absolute atomic E-state index is 0.0905. The van der Waals surface area contributed by atoms with Crippen molar-refractivity contribution in [2.45, 2.75) is 32.1 Å². The maximum atomic E-state index is 12.6. The van der Waals surface area contributed by atoms with Crippen LogP contribution in [0.4, 0.5) is 11.4 Å². The second-order valence-corrected chi connectivity index (χ2v) is 5.32. The standard InChI is InChI=1S/C15H18N2O2/c18-14-10-17(13-9-5-4-8-12(13)16-14)15(19)11-6-2-1-3-7-11/h4-5,8-9,11H,1-3,6-7,10H2,(H,16,18). The maximum Gasteiger partial charge on any atom is 0.244 e. The summed E-state index contributed by atoms with van der Waals surface area (Å²) in [6, 6.07) is 7.51. The molecule has 1 aliphatic carbocycles. The van der Waals surface area contributed by atoms with Gasteiger partial charge in [0.05, 0.1) is 11.4 Å². The van der Waals surface area contributed by atoms with Crippen LogP contribution in [-0.4, -0.2) is 18.4 Å². The molecule has 1 fully saturated rings. The van der Waals surface area contributed by atoms with Gasteiger partial charge in [0, 0.05) is 5.92 Å². The Bertz CT molecular complexity index is 507. The number of carbonyl (C=O) groups excluding carboxylic acids is 2. The number of nitrogens with zero attached hydrogens (tertiary/aromatic N) is 1. The van der Waals surface area contributed by atoms with Crippen LogP contribution < -0.4 is 10.2 Å². The normalized spacial score (nSPS) is 19.8. The third-order valence-electron chi connectivity index (χ3n) is 3.99. The molecule has 1 saturated carbocycles. The SMILES string of the molecule is O=C1CN(C(=O)C2CCCCC2)c2ccccc2N1. The fourth-order valence-corrected chi connectivity index (χ4v) is 3.00. The summed E-state index contributed by atoms with van der Waals surface area (Å²) < 4.78 is 0. The summed E-state index contributed by atoms with van der Waals surface area (Å²) >= 11 is 0. The first-order valence-corrected chi connectivity index (χ1v) is 6.96. The molecule has 1 aromatic carbocycles. The molecule has 0 unspecified atom stereocenters. The van der Waals surface area contributed by atoms with Gasteiger partial charge < -0.3 is 10.2 Å². The third kappa shape index (κ3) is 2.35. The van der Waals surface area contributed by atoms with E-state index in [9.17, 15) is 9.59 Å². The van der Waals surface area contributed by atoms with Crippen molar-refractivity contribution in [2.24, 2.45) is 5.92 Å². The van der Waals surface area contributed by atoms with Crippen molar-refractivity contribution in [2.75, 3.05) is 16.8 Å². The van der Waals surface area contributed by atoms with E-state index in [1.165, 1.54) is 6.42 Å². The van der Waals surface area contributed by atoms with Gasteiger partial charge in [-0.15, -0.1) is 0 Å². The van der Waals surface area contributed by atoms with Crippen LogP contribution in [-0.2, 0) is 9.59 Å². The fourth-order valence-electron chi connectivity index (χ4n) is 3.00. The summed E-state index contributed by atoms with van der Waals surface area (Å²) in [5.41, 5.74) is 1.57. The smallest absolute Gasteiger partial charge is 0.244 e. The highest BCUT2D eigenvalue weighted by atomic mass is 16.2. The lowest BCUT2D eigenvalue weighted by Gasteiger charge is -2.33. The first-order valence-electron chi connectivity index (χ1n) is 6.96. The van der Waals surface area contributed by atoms with Gasteiger partial charge in [-0.2, -0.15) is 0 Å². The van der Waals surface area contributed by atoms with E-state index < -0.39 is 0 Å². The molecule has 1 N–H and O–H groups in total. The molecule has 1 aromatic rings. The highest BCUT2D eigenvalue weighted by Crippen LogP contribution is 2.33. The van der Waals surface area contributed by atoms with Crippen LogP contribution in [0.3, 0.4) is 0 Å².